The molecule has 2 N–H and O–H groups in total. The van der Waals surface area contributed by atoms with Gasteiger partial charge in [0, 0.05) is 28.4 Å². The van der Waals surface area contributed by atoms with Crippen LogP contribution in [0.15, 0.2) is 59.1 Å². The Hall–Kier alpha value is -3.08. The minimum atomic E-state index is -0.300. The first-order valence-electron chi connectivity index (χ1n) is 9.15. The zero-order valence-corrected chi connectivity index (χ0v) is 14.8. The Morgan fingerprint density at radius 3 is 3.00 bits per heavy atom. The predicted molar refractivity (Wildman–Crippen MR) is 102 cm³/mol. The van der Waals surface area contributed by atoms with Crippen LogP contribution in [0.3, 0.4) is 0 Å². The zero-order chi connectivity index (χ0) is 18.5. The van der Waals surface area contributed by atoms with Crippen LogP contribution in [-0.4, -0.2) is 10.9 Å². The minimum absolute atomic E-state index is 0.0199. The number of carbonyl (C=O) groups excluding carboxylic acids is 1. The van der Waals surface area contributed by atoms with Crippen LogP contribution in [-0.2, 0) is 4.79 Å². The lowest BCUT2D eigenvalue weighted by Gasteiger charge is -2.11. The van der Waals surface area contributed by atoms with Gasteiger partial charge in [-0.15, -0.1) is 0 Å². The van der Waals surface area contributed by atoms with Crippen LogP contribution >= 0.6 is 0 Å². The molecule has 0 spiro atoms. The number of carbonyl (C=O) groups is 1. The SMILES string of the molecule is CC(NC(=O)[C@@H]1C[C@H]1c1c[nH]c2ccccc12)c1cc2cc(F)ccc2o1. The fourth-order valence-corrected chi connectivity index (χ4v) is 3.87. The number of H-pyrrole nitrogens is 1. The van der Waals surface area contributed by atoms with Gasteiger partial charge in [0.25, 0.3) is 0 Å². The van der Waals surface area contributed by atoms with Crippen LogP contribution in [0, 0.1) is 11.7 Å². The lowest BCUT2D eigenvalue weighted by molar-refractivity contribution is -0.123. The Morgan fingerprint density at radius 2 is 2.11 bits per heavy atom. The fourth-order valence-electron chi connectivity index (χ4n) is 3.87. The van der Waals surface area contributed by atoms with E-state index in [0.717, 1.165) is 11.9 Å². The summed E-state index contributed by atoms with van der Waals surface area (Å²) in [6, 6.07) is 14.1. The number of benzene rings is 2. The summed E-state index contributed by atoms with van der Waals surface area (Å²) in [5.74, 6) is 0.593. The van der Waals surface area contributed by atoms with Gasteiger partial charge >= 0.3 is 0 Å². The molecule has 0 aliphatic heterocycles. The summed E-state index contributed by atoms with van der Waals surface area (Å²) in [6.45, 7) is 1.88. The number of rotatable bonds is 4. The first-order valence-corrected chi connectivity index (χ1v) is 9.15. The maximum absolute atomic E-state index is 13.3. The lowest BCUT2D eigenvalue weighted by atomic mass is 10.1. The largest absolute Gasteiger partial charge is 0.459 e. The van der Waals surface area contributed by atoms with Crippen molar-refractivity contribution in [2.75, 3.05) is 0 Å². The van der Waals surface area contributed by atoms with Gasteiger partial charge in [-0.3, -0.25) is 4.79 Å². The second kappa shape index (κ2) is 5.98. The van der Waals surface area contributed by atoms with Crippen molar-refractivity contribution >= 4 is 27.8 Å². The molecule has 4 nitrogen and oxygen atoms in total. The fraction of sp³-hybridized carbons (Fsp3) is 0.227. The number of aromatic nitrogens is 1. The second-order valence-electron chi connectivity index (χ2n) is 7.30. The maximum atomic E-state index is 13.3. The standard InChI is InChI=1S/C22H19FN2O2/c1-12(21-9-13-8-14(23)6-7-20(13)27-21)25-22(26)17-10-16(17)18-11-24-19-5-3-2-4-15(18)19/h2-9,11-12,16-17,24H,10H2,1H3,(H,25,26)/t12?,16-,17-/m1/s1. The predicted octanol–water partition coefficient (Wildman–Crippen LogP) is 5.03. The summed E-state index contributed by atoms with van der Waals surface area (Å²) in [4.78, 5) is 16.0. The monoisotopic (exact) mass is 362 g/mol. The molecule has 27 heavy (non-hydrogen) atoms. The number of hydrogen-bond donors (Lipinski definition) is 2. The van der Waals surface area contributed by atoms with E-state index < -0.39 is 0 Å². The number of furan rings is 1. The Labute approximate surface area is 155 Å². The summed E-state index contributed by atoms with van der Waals surface area (Å²) in [5, 5.41) is 4.93. The van der Waals surface area contributed by atoms with E-state index in [1.807, 2.05) is 31.3 Å². The van der Waals surface area contributed by atoms with Crippen molar-refractivity contribution in [1.82, 2.24) is 10.3 Å². The highest BCUT2D eigenvalue weighted by Gasteiger charge is 2.45. The van der Waals surface area contributed by atoms with Gasteiger partial charge in [-0.25, -0.2) is 4.39 Å². The molecule has 136 valence electrons. The average molecular weight is 362 g/mol. The smallest absolute Gasteiger partial charge is 0.224 e. The number of hydrogen-bond acceptors (Lipinski definition) is 2. The summed E-state index contributed by atoms with van der Waals surface area (Å²) in [6.07, 6.45) is 2.87. The van der Waals surface area contributed by atoms with Crippen LogP contribution in [0.25, 0.3) is 21.9 Å². The summed E-state index contributed by atoms with van der Waals surface area (Å²) < 4.78 is 19.1. The van der Waals surface area contributed by atoms with Crippen LogP contribution in [0.2, 0.25) is 0 Å². The molecule has 2 heterocycles. The summed E-state index contributed by atoms with van der Waals surface area (Å²) >= 11 is 0. The van der Waals surface area contributed by atoms with E-state index in [1.165, 1.54) is 23.1 Å². The molecule has 1 unspecified atom stereocenters. The van der Waals surface area contributed by atoms with Gasteiger partial charge in [0.2, 0.25) is 5.91 Å². The molecule has 1 amide bonds. The molecule has 0 bridgehead atoms. The van der Waals surface area contributed by atoms with Crippen LogP contribution < -0.4 is 5.32 Å². The van der Waals surface area contributed by atoms with E-state index in [1.54, 1.807) is 12.1 Å². The molecular formula is C22H19FN2O2. The van der Waals surface area contributed by atoms with Crippen molar-refractivity contribution in [2.24, 2.45) is 5.92 Å². The van der Waals surface area contributed by atoms with Gasteiger partial charge < -0.3 is 14.7 Å². The number of aromatic amines is 1. The van der Waals surface area contributed by atoms with Gasteiger partial charge in [0.1, 0.15) is 17.2 Å². The highest BCUT2D eigenvalue weighted by molar-refractivity contribution is 5.88. The summed E-state index contributed by atoms with van der Waals surface area (Å²) in [7, 11) is 0. The van der Waals surface area contributed by atoms with Gasteiger partial charge in [0.15, 0.2) is 0 Å². The molecule has 1 fully saturated rings. The van der Waals surface area contributed by atoms with Crippen molar-refractivity contribution < 1.29 is 13.6 Å². The van der Waals surface area contributed by atoms with Gasteiger partial charge in [-0.05, 0) is 55.2 Å². The quantitative estimate of drug-likeness (QED) is 0.535. The molecule has 1 aliphatic carbocycles. The van der Waals surface area contributed by atoms with E-state index in [9.17, 15) is 9.18 Å². The van der Waals surface area contributed by atoms with E-state index in [-0.39, 0.29) is 29.6 Å². The number of nitrogens with one attached hydrogen (secondary N) is 2. The summed E-state index contributed by atoms with van der Waals surface area (Å²) in [5.41, 5.74) is 2.93. The first-order chi connectivity index (χ1) is 13.1. The molecule has 2 aromatic carbocycles. The number of halogens is 1. The van der Waals surface area contributed by atoms with E-state index in [0.29, 0.717) is 16.7 Å². The second-order valence-corrected chi connectivity index (χ2v) is 7.30. The Bertz CT molecular complexity index is 1160. The molecule has 0 radical (unpaired) electrons. The van der Waals surface area contributed by atoms with E-state index >= 15 is 0 Å². The van der Waals surface area contributed by atoms with E-state index in [2.05, 4.69) is 16.4 Å². The van der Waals surface area contributed by atoms with Crippen LogP contribution in [0.1, 0.15) is 36.6 Å². The van der Waals surface area contributed by atoms with Gasteiger partial charge in [0.05, 0.1) is 6.04 Å². The normalized spacial score (nSPS) is 20.1. The zero-order valence-electron chi connectivity index (χ0n) is 14.8. The molecule has 5 rings (SSSR count). The molecule has 3 atom stereocenters. The molecular weight excluding hydrogens is 343 g/mol. The van der Waals surface area contributed by atoms with Crippen molar-refractivity contribution in [3.8, 4) is 0 Å². The van der Waals surface area contributed by atoms with Crippen molar-refractivity contribution in [3.63, 3.8) is 0 Å². The van der Waals surface area contributed by atoms with Crippen LogP contribution in [0.4, 0.5) is 4.39 Å². The molecule has 2 aromatic heterocycles. The Kier molecular flexibility index (Phi) is 3.57. The molecule has 1 saturated carbocycles. The lowest BCUT2D eigenvalue weighted by Crippen LogP contribution is -2.28. The van der Waals surface area contributed by atoms with Crippen molar-refractivity contribution in [2.45, 2.75) is 25.3 Å². The number of fused-ring (bicyclic) bond motifs is 2. The van der Waals surface area contributed by atoms with Crippen LogP contribution in [0.5, 0.6) is 0 Å². The number of amides is 1. The minimum Gasteiger partial charge on any atom is -0.459 e. The van der Waals surface area contributed by atoms with E-state index in [4.69, 9.17) is 4.42 Å². The Balaban J connectivity index is 1.30. The van der Waals surface area contributed by atoms with Gasteiger partial charge in [-0.2, -0.15) is 0 Å². The molecule has 5 heteroatoms. The van der Waals surface area contributed by atoms with Crippen molar-refractivity contribution in [3.05, 3.63) is 71.9 Å². The molecule has 1 aliphatic rings. The first kappa shape index (κ1) is 16.1. The molecule has 0 saturated heterocycles. The van der Waals surface area contributed by atoms with Crippen molar-refractivity contribution in [1.29, 1.82) is 0 Å². The third-order valence-electron chi connectivity index (χ3n) is 5.43. The number of para-hydroxylation sites is 1. The third kappa shape index (κ3) is 2.79. The van der Waals surface area contributed by atoms with Gasteiger partial charge in [-0.1, -0.05) is 18.2 Å². The Morgan fingerprint density at radius 1 is 1.26 bits per heavy atom. The average Bonchev–Trinajstić information content (AvgIpc) is 3.16. The maximum Gasteiger partial charge on any atom is 0.224 e. The third-order valence-corrected chi connectivity index (χ3v) is 5.43. The topological polar surface area (TPSA) is 58.0 Å². The molecule has 4 aromatic rings. The highest BCUT2D eigenvalue weighted by Crippen LogP contribution is 2.49. The highest BCUT2D eigenvalue weighted by atomic mass is 19.1.